The van der Waals surface area contributed by atoms with Crippen molar-refractivity contribution >= 4 is 5.91 Å². The summed E-state index contributed by atoms with van der Waals surface area (Å²) in [7, 11) is 0. The third-order valence-corrected chi connectivity index (χ3v) is 3.08. The Morgan fingerprint density at radius 1 is 1.30 bits per heavy atom. The molecule has 0 saturated heterocycles. The second kappa shape index (κ2) is 7.45. The van der Waals surface area contributed by atoms with E-state index in [1.807, 2.05) is 47.3 Å². The summed E-state index contributed by atoms with van der Waals surface area (Å²) in [6.07, 6.45) is 4.82. The number of nitrogens with zero attached hydrogens (tertiary/aromatic N) is 2. The highest BCUT2D eigenvalue weighted by Crippen LogP contribution is 2.12. The van der Waals surface area contributed by atoms with Crippen LogP contribution >= 0.6 is 0 Å². The summed E-state index contributed by atoms with van der Waals surface area (Å²) in [6, 6.07) is 11.3. The second-order valence-electron chi connectivity index (χ2n) is 4.69. The summed E-state index contributed by atoms with van der Waals surface area (Å²) in [5.41, 5.74) is 6.99. The van der Waals surface area contributed by atoms with Crippen LogP contribution in [0.4, 0.5) is 0 Å². The smallest absolute Gasteiger partial charge is 0.221 e. The average molecular weight is 272 g/mol. The number of carbonyl (C=O) groups is 1. The molecule has 3 N–H and O–H groups in total. The molecule has 2 rings (SSSR count). The van der Waals surface area contributed by atoms with Gasteiger partial charge in [-0.3, -0.25) is 9.48 Å². The molecule has 0 saturated carbocycles. The number of rotatable bonds is 7. The molecule has 0 aliphatic carbocycles. The van der Waals surface area contributed by atoms with Crippen molar-refractivity contribution in [1.29, 1.82) is 0 Å². The molecule has 0 radical (unpaired) electrons. The van der Waals surface area contributed by atoms with Gasteiger partial charge in [0.2, 0.25) is 5.91 Å². The van der Waals surface area contributed by atoms with E-state index in [2.05, 4.69) is 10.4 Å². The minimum absolute atomic E-state index is 0.0122. The molecule has 1 aromatic carbocycles. The normalized spacial score (nSPS) is 12.1. The Morgan fingerprint density at radius 2 is 2.10 bits per heavy atom. The van der Waals surface area contributed by atoms with Gasteiger partial charge in [-0.25, -0.2) is 0 Å². The molecule has 1 atom stereocenters. The first kappa shape index (κ1) is 14.3. The zero-order valence-corrected chi connectivity index (χ0v) is 11.4. The summed E-state index contributed by atoms with van der Waals surface area (Å²) < 4.78 is 1.85. The average Bonchev–Trinajstić information content (AvgIpc) is 2.98. The van der Waals surface area contributed by atoms with Gasteiger partial charge in [-0.1, -0.05) is 30.3 Å². The van der Waals surface area contributed by atoms with Crippen molar-refractivity contribution in [3.63, 3.8) is 0 Å². The molecule has 2 aromatic rings. The molecule has 5 heteroatoms. The number of aromatic nitrogens is 2. The summed E-state index contributed by atoms with van der Waals surface area (Å²) in [5.74, 6) is -0.0122. The minimum Gasteiger partial charge on any atom is -0.356 e. The van der Waals surface area contributed by atoms with Gasteiger partial charge >= 0.3 is 0 Å². The van der Waals surface area contributed by atoms with Crippen LogP contribution in [0.1, 0.15) is 24.4 Å². The lowest BCUT2D eigenvalue weighted by Gasteiger charge is -2.12. The number of benzene rings is 1. The maximum Gasteiger partial charge on any atom is 0.221 e. The molecule has 0 bridgehead atoms. The summed E-state index contributed by atoms with van der Waals surface area (Å²) in [5, 5.41) is 6.99. The van der Waals surface area contributed by atoms with Crippen molar-refractivity contribution in [1.82, 2.24) is 15.1 Å². The Hall–Kier alpha value is -2.14. The Kier molecular flexibility index (Phi) is 5.32. The number of hydrogen-bond donors (Lipinski definition) is 2. The maximum atomic E-state index is 11.8. The molecule has 1 amide bonds. The Morgan fingerprint density at radius 3 is 2.80 bits per heavy atom. The van der Waals surface area contributed by atoms with E-state index in [1.54, 1.807) is 6.20 Å². The third kappa shape index (κ3) is 4.51. The van der Waals surface area contributed by atoms with Gasteiger partial charge in [-0.05, 0) is 18.1 Å². The fourth-order valence-corrected chi connectivity index (χ4v) is 1.99. The predicted molar refractivity (Wildman–Crippen MR) is 77.8 cm³/mol. The van der Waals surface area contributed by atoms with E-state index >= 15 is 0 Å². The topological polar surface area (TPSA) is 72.9 Å². The number of aryl methyl sites for hydroxylation is 1. The van der Waals surface area contributed by atoms with Gasteiger partial charge < -0.3 is 11.1 Å². The lowest BCUT2D eigenvalue weighted by molar-refractivity contribution is -0.121. The number of nitrogens with two attached hydrogens (primary N) is 1. The van der Waals surface area contributed by atoms with E-state index in [1.165, 1.54) is 0 Å². The van der Waals surface area contributed by atoms with E-state index < -0.39 is 0 Å². The molecule has 1 aromatic heterocycles. The number of amides is 1. The SMILES string of the molecule is NC(CC(=O)NCCCn1cccn1)c1ccccc1. The van der Waals surface area contributed by atoms with Crippen LogP contribution in [0.25, 0.3) is 0 Å². The molecular weight excluding hydrogens is 252 g/mol. The predicted octanol–water partition coefficient (Wildman–Crippen LogP) is 1.48. The van der Waals surface area contributed by atoms with Crippen LogP contribution in [0.15, 0.2) is 48.8 Å². The first-order valence-electron chi connectivity index (χ1n) is 6.80. The lowest BCUT2D eigenvalue weighted by Crippen LogP contribution is -2.28. The van der Waals surface area contributed by atoms with Crippen molar-refractivity contribution in [3.05, 3.63) is 54.4 Å². The fourth-order valence-electron chi connectivity index (χ4n) is 1.99. The fraction of sp³-hybridized carbons (Fsp3) is 0.333. The lowest BCUT2D eigenvalue weighted by atomic mass is 10.0. The van der Waals surface area contributed by atoms with Gasteiger partial charge in [-0.15, -0.1) is 0 Å². The molecule has 0 spiro atoms. The Bertz CT molecular complexity index is 510. The molecule has 106 valence electrons. The quantitative estimate of drug-likeness (QED) is 0.750. The van der Waals surface area contributed by atoms with E-state index in [4.69, 9.17) is 5.73 Å². The first-order valence-corrected chi connectivity index (χ1v) is 6.80. The molecule has 20 heavy (non-hydrogen) atoms. The summed E-state index contributed by atoms with van der Waals surface area (Å²) >= 11 is 0. The third-order valence-electron chi connectivity index (χ3n) is 3.08. The summed E-state index contributed by atoms with van der Waals surface area (Å²) in [6.45, 7) is 1.44. The molecule has 0 aliphatic rings. The van der Waals surface area contributed by atoms with Gasteiger partial charge in [-0.2, -0.15) is 5.10 Å². The van der Waals surface area contributed by atoms with Gasteiger partial charge in [0.05, 0.1) is 0 Å². The molecule has 5 nitrogen and oxygen atoms in total. The van der Waals surface area contributed by atoms with Crippen LogP contribution < -0.4 is 11.1 Å². The largest absolute Gasteiger partial charge is 0.356 e. The highest BCUT2D eigenvalue weighted by Gasteiger charge is 2.10. The van der Waals surface area contributed by atoms with Crippen molar-refractivity contribution in [2.45, 2.75) is 25.4 Å². The van der Waals surface area contributed by atoms with Crippen molar-refractivity contribution in [3.8, 4) is 0 Å². The Balaban J connectivity index is 1.65. The molecule has 1 unspecified atom stereocenters. The molecule has 1 heterocycles. The maximum absolute atomic E-state index is 11.8. The van der Waals surface area contributed by atoms with Gasteiger partial charge in [0, 0.05) is 37.9 Å². The number of carbonyl (C=O) groups excluding carboxylic acids is 1. The zero-order valence-electron chi connectivity index (χ0n) is 11.4. The second-order valence-corrected chi connectivity index (χ2v) is 4.69. The highest BCUT2D eigenvalue weighted by atomic mass is 16.1. The van der Waals surface area contributed by atoms with Gasteiger partial charge in [0.1, 0.15) is 0 Å². The Labute approximate surface area is 118 Å². The minimum atomic E-state index is -0.248. The van der Waals surface area contributed by atoms with Crippen LogP contribution in [0, 0.1) is 0 Å². The molecule has 0 fully saturated rings. The van der Waals surface area contributed by atoms with Crippen molar-refractivity contribution in [2.75, 3.05) is 6.54 Å². The van der Waals surface area contributed by atoms with Crippen LogP contribution in [-0.2, 0) is 11.3 Å². The van der Waals surface area contributed by atoms with Crippen molar-refractivity contribution < 1.29 is 4.79 Å². The van der Waals surface area contributed by atoms with E-state index in [9.17, 15) is 4.79 Å². The van der Waals surface area contributed by atoms with Crippen LogP contribution in [-0.4, -0.2) is 22.2 Å². The first-order chi connectivity index (χ1) is 9.75. The van der Waals surface area contributed by atoms with E-state index in [-0.39, 0.29) is 11.9 Å². The highest BCUT2D eigenvalue weighted by molar-refractivity contribution is 5.76. The number of nitrogens with one attached hydrogen (secondary N) is 1. The summed E-state index contributed by atoms with van der Waals surface area (Å²) in [4.78, 5) is 11.8. The molecular formula is C15H20N4O. The number of hydrogen-bond acceptors (Lipinski definition) is 3. The van der Waals surface area contributed by atoms with E-state index in [0.717, 1.165) is 18.5 Å². The van der Waals surface area contributed by atoms with Crippen LogP contribution in [0.5, 0.6) is 0 Å². The zero-order chi connectivity index (χ0) is 14.2. The van der Waals surface area contributed by atoms with E-state index in [0.29, 0.717) is 13.0 Å². The standard InChI is InChI=1S/C15H20N4O/c16-14(13-6-2-1-3-7-13)12-15(20)17-8-4-10-19-11-5-9-18-19/h1-3,5-7,9,11,14H,4,8,10,12,16H2,(H,17,20). The van der Waals surface area contributed by atoms with Gasteiger partial charge in [0.25, 0.3) is 0 Å². The monoisotopic (exact) mass is 272 g/mol. The van der Waals surface area contributed by atoms with Gasteiger partial charge in [0.15, 0.2) is 0 Å². The van der Waals surface area contributed by atoms with Crippen LogP contribution in [0.3, 0.4) is 0 Å². The van der Waals surface area contributed by atoms with Crippen molar-refractivity contribution in [2.24, 2.45) is 5.73 Å². The molecule has 0 aliphatic heterocycles. The van der Waals surface area contributed by atoms with Crippen LogP contribution in [0.2, 0.25) is 0 Å².